The second-order valence-electron chi connectivity index (χ2n) is 4.37. The zero-order valence-electron chi connectivity index (χ0n) is 10.6. The fourth-order valence-electron chi connectivity index (χ4n) is 1.60. The van der Waals surface area contributed by atoms with Gasteiger partial charge in [0.2, 0.25) is 0 Å². The normalized spacial score (nSPS) is 14.8. The highest BCUT2D eigenvalue weighted by atomic mass is 32.2. The highest BCUT2D eigenvalue weighted by molar-refractivity contribution is 7.91. The molecule has 1 rings (SSSR count). The molecule has 98 valence electrons. The Morgan fingerprint density at radius 2 is 1.89 bits per heavy atom. The molecular weight excluding hydrogens is 248 g/mol. The van der Waals surface area contributed by atoms with Crippen LogP contribution in [0.25, 0.3) is 0 Å². The minimum Gasteiger partial charge on any atom is -0.327 e. The summed E-state index contributed by atoms with van der Waals surface area (Å²) < 4.78 is 24.2. The topological polar surface area (TPSA) is 84.0 Å². The summed E-state index contributed by atoms with van der Waals surface area (Å²) in [4.78, 5) is 0. The first-order valence-corrected chi connectivity index (χ1v) is 7.59. The van der Waals surface area contributed by atoms with Crippen molar-refractivity contribution in [2.75, 3.05) is 5.75 Å². The maximum absolute atomic E-state index is 12.1. The molecule has 2 atom stereocenters. The van der Waals surface area contributed by atoms with Gasteiger partial charge in [-0.05, 0) is 31.0 Å². The summed E-state index contributed by atoms with van der Waals surface area (Å²) in [5.74, 6) is -0.00926. The van der Waals surface area contributed by atoms with Gasteiger partial charge >= 0.3 is 0 Å². The molecular formula is C13H18N2O2S. The molecule has 0 aliphatic carbocycles. The van der Waals surface area contributed by atoms with Gasteiger partial charge < -0.3 is 5.73 Å². The van der Waals surface area contributed by atoms with E-state index in [0.717, 1.165) is 0 Å². The SMILES string of the molecule is CCC(N)CS(=O)(=O)C(C)c1ccc(C#N)cc1. The quantitative estimate of drug-likeness (QED) is 0.880. The maximum atomic E-state index is 12.1. The number of hydrogen-bond acceptors (Lipinski definition) is 4. The van der Waals surface area contributed by atoms with Gasteiger partial charge in [0, 0.05) is 6.04 Å². The molecule has 0 spiro atoms. The van der Waals surface area contributed by atoms with Crippen molar-refractivity contribution in [3.05, 3.63) is 35.4 Å². The number of nitrogens with two attached hydrogens (primary N) is 1. The Morgan fingerprint density at radius 1 is 1.33 bits per heavy atom. The van der Waals surface area contributed by atoms with E-state index in [1.165, 1.54) is 0 Å². The van der Waals surface area contributed by atoms with Gasteiger partial charge in [-0.3, -0.25) is 0 Å². The van der Waals surface area contributed by atoms with E-state index in [2.05, 4.69) is 0 Å². The second-order valence-corrected chi connectivity index (χ2v) is 6.74. The molecule has 0 bridgehead atoms. The summed E-state index contributed by atoms with van der Waals surface area (Å²) >= 11 is 0. The molecule has 0 saturated carbocycles. The Hall–Kier alpha value is -1.38. The van der Waals surface area contributed by atoms with Crippen LogP contribution in [0.3, 0.4) is 0 Å². The van der Waals surface area contributed by atoms with Crippen molar-refractivity contribution in [3.63, 3.8) is 0 Å². The predicted octanol–water partition coefficient (Wildman–Crippen LogP) is 1.77. The summed E-state index contributed by atoms with van der Waals surface area (Å²) in [6, 6.07) is 8.29. The van der Waals surface area contributed by atoms with Crippen molar-refractivity contribution >= 4 is 9.84 Å². The Bertz CT molecular complexity index is 529. The Kier molecular flexibility index (Phi) is 4.88. The number of rotatable bonds is 5. The van der Waals surface area contributed by atoms with Crippen molar-refractivity contribution in [2.45, 2.75) is 31.6 Å². The average Bonchev–Trinajstić information content (AvgIpc) is 2.37. The molecule has 0 fully saturated rings. The number of hydrogen-bond donors (Lipinski definition) is 1. The van der Waals surface area contributed by atoms with Gasteiger partial charge in [0.15, 0.2) is 9.84 Å². The van der Waals surface area contributed by atoms with Gasteiger partial charge in [-0.25, -0.2) is 8.42 Å². The molecule has 0 saturated heterocycles. The molecule has 5 heteroatoms. The third kappa shape index (κ3) is 3.56. The van der Waals surface area contributed by atoms with Crippen LogP contribution < -0.4 is 5.73 Å². The van der Waals surface area contributed by atoms with Crippen molar-refractivity contribution in [1.29, 1.82) is 5.26 Å². The summed E-state index contributed by atoms with van der Waals surface area (Å²) in [5, 5.41) is 8.10. The van der Waals surface area contributed by atoms with Crippen molar-refractivity contribution < 1.29 is 8.42 Å². The smallest absolute Gasteiger partial charge is 0.158 e. The zero-order chi connectivity index (χ0) is 13.8. The fourth-order valence-corrected chi connectivity index (χ4v) is 3.29. The number of sulfone groups is 1. The van der Waals surface area contributed by atoms with E-state index in [4.69, 9.17) is 11.0 Å². The molecule has 1 aromatic rings. The highest BCUT2D eigenvalue weighted by Crippen LogP contribution is 2.23. The van der Waals surface area contributed by atoms with Crippen LogP contribution >= 0.6 is 0 Å². The molecule has 0 aromatic heterocycles. The molecule has 4 nitrogen and oxygen atoms in total. The van der Waals surface area contributed by atoms with E-state index >= 15 is 0 Å². The third-order valence-corrected chi connectivity index (χ3v) is 5.26. The molecule has 0 aliphatic heterocycles. The third-order valence-electron chi connectivity index (χ3n) is 3.02. The van der Waals surface area contributed by atoms with E-state index in [1.807, 2.05) is 13.0 Å². The lowest BCUT2D eigenvalue weighted by molar-refractivity contribution is 0.574. The zero-order valence-corrected chi connectivity index (χ0v) is 11.4. The lowest BCUT2D eigenvalue weighted by Crippen LogP contribution is -2.30. The highest BCUT2D eigenvalue weighted by Gasteiger charge is 2.24. The molecule has 2 unspecified atom stereocenters. The first-order valence-electron chi connectivity index (χ1n) is 5.88. The molecule has 0 heterocycles. The molecule has 0 amide bonds. The van der Waals surface area contributed by atoms with E-state index in [-0.39, 0.29) is 11.8 Å². The summed E-state index contributed by atoms with van der Waals surface area (Å²) in [5.41, 5.74) is 6.91. The molecule has 2 N–H and O–H groups in total. The van der Waals surface area contributed by atoms with Gasteiger partial charge in [0.05, 0.1) is 22.6 Å². The lowest BCUT2D eigenvalue weighted by Gasteiger charge is -2.16. The largest absolute Gasteiger partial charge is 0.327 e. The Labute approximate surface area is 108 Å². The Balaban J connectivity index is 2.92. The van der Waals surface area contributed by atoms with Gasteiger partial charge in [-0.1, -0.05) is 19.1 Å². The van der Waals surface area contributed by atoms with Gasteiger partial charge in [0.25, 0.3) is 0 Å². The van der Waals surface area contributed by atoms with Crippen LogP contribution in [-0.4, -0.2) is 20.2 Å². The van der Waals surface area contributed by atoms with Crippen LogP contribution in [0.4, 0.5) is 0 Å². The Morgan fingerprint density at radius 3 is 2.33 bits per heavy atom. The summed E-state index contributed by atoms with van der Waals surface area (Å²) in [6.45, 7) is 3.52. The predicted molar refractivity (Wildman–Crippen MR) is 71.6 cm³/mol. The number of benzene rings is 1. The summed E-state index contributed by atoms with van der Waals surface area (Å²) in [6.07, 6.45) is 0.638. The maximum Gasteiger partial charge on any atom is 0.158 e. The molecule has 1 aromatic carbocycles. The van der Waals surface area contributed by atoms with Crippen LogP contribution in [-0.2, 0) is 9.84 Å². The lowest BCUT2D eigenvalue weighted by atomic mass is 10.1. The van der Waals surface area contributed by atoms with Crippen LogP contribution in [0.1, 0.15) is 36.6 Å². The average molecular weight is 266 g/mol. The second kappa shape index (κ2) is 5.98. The monoisotopic (exact) mass is 266 g/mol. The molecule has 0 aliphatic rings. The summed E-state index contributed by atoms with van der Waals surface area (Å²) in [7, 11) is -3.25. The van der Waals surface area contributed by atoms with Crippen molar-refractivity contribution in [3.8, 4) is 6.07 Å². The van der Waals surface area contributed by atoms with E-state index in [0.29, 0.717) is 17.5 Å². The minimum absolute atomic E-state index is 0.00926. The number of nitriles is 1. The molecule has 0 radical (unpaired) electrons. The van der Waals surface area contributed by atoms with Crippen molar-refractivity contribution in [1.82, 2.24) is 0 Å². The van der Waals surface area contributed by atoms with Gasteiger partial charge in [0.1, 0.15) is 0 Å². The van der Waals surface area contributed by atoms with Crippen LogP contribution in [0.2, 0.25) is 0 Å². The van der Waals surface area contributed by atoms with Crippen LogP contribution in [0, 0.1) is 11.3 Å². The van der Waals surface area contributed by atoms with Crippen LogP contribution in [0.5, 0.6) is 0 Å². The van der Waals surface area contributed by atoms with Crippen LogP contribution in [0.15, 0.2) is 24.3 Å². The van der Waals surface area contributed by atoms with Gasteiger partial charge in [-0.15, -0.1) is 0 Å². The van der Waals surface area contributed by atoms with Crippen molar-refractivity contribution in [2.24, 2.45) is 5.73 Å². The molecule has 18 heavy (non-hydrogen) atoms. The fraction of sp³-hybridized carbons (Fsp3) is 0.462. The van der Waals surface area contributed by atoms with E-state index < -0.39 is 15.1 Å². The first-order chi connectivity index (χ1) is 8.40. The first kappa shape index (κ1) is 14.7. The standard InChI is InChI=1S/C13H18N2O2S/c1-3-13(15)9-18(16,17)10(2)12-6-4-11(8-14)5-7-12/h4-7,10,13H,3,9,15H2,1-2H3. The van der Waals surface area contributed by atoms with Gasteiger partial charge in [-0.2, -0.15) is 5.26 Å². The van der Waals surface area contributed by atoms with E-state index in [1.54, 1.807) is 31.2 Å². The minimum atomic E-state index is -3.25. The number of nitrogens with zero attached hydrogens (tertiary/aromatic N) is 1. The van der Waals surface area contributed by atoms with E-state index in [9.17, 15) is 8.42 Å².